The third-order valence-electron chi connectivity index (χ3n) is 4.57. The Morgan fingerprint density at radius 3 is 2.36 bits per heavy atom. The molecule has 1 aliphatic rings. The summed E-state index contributed by atoms with van der Waals surface area (Å²) in [5, 5.41) is 11.4. The van der Waals surface area contributed by atoms with Crippen molar-refractivity contribution in [3.63, 3.8) is 0 Å². The Morgan fingerprint density at radius 2 is 1.64 bits per heavy atom. The van der Waals surface area contributed by atoms with E-state index in [-0.39, 0.29) is 11.8 Å². The first-order chi connectivity index (χ1) is 12.0. The number of rotatable bonds is 2. The molecular formula is C21H25N3O. The fraction of sp³-hybridized carbons (Fsp3) is 0.333. The molecule has 25 heavy (non-hydrogen) atoms. The van der Waals surface area contributed by atoms with Crippen LogP contribution in [-0.4, -0.2) is 16.1 Å². The summed E-state index contributed by atoms with van der Waals surface area (Å²) in [6.45, 7) is 8.48. The van der Waals surface area contributed by atoms with Crippen LogP contribution in [0, 0.1) is 5.92 Å². The number of para-hydroxylation sites is 2. The van der Waals surface area contributed by atoms with Gasteiger partial charge < -0.3 is 5.32 Å². The second-order valence-electron chi connectivity index (χ2n) is 7.11. The molecule has 0 fully saturated rings. The van der Waals surface area contributed by atoms with Crippen LogP contribution in [0.25, 0.3) is 10.9 Å². The highest BCUT2D eigenvalue weighted by Gasteiger charge is 2.32. The van der Waals surface area contributed by atoms with Gasteiger partial charge in [0.25, 0.3) is 0 Å². The minimum absolute atomic E-state index is 0.0381. The normalized spacial score (nSPS) is 15.9. The monoisotopic (exact) mass is 335 g/mol. The van der Waals surface area contributed by atoms with Crippen molar-refractivity contribution in [1.82, 2.24) is 10.2 Å². The van der Waals surface area contributed by atoms with E-state index in [4.69, 9.17) is 0 Å². The molecule has 0 spiro atoms. The van der Waals surface area contributed by atoms with E-state index in [1.807, 2.05) is 42.5 Å². The average Bonchev–Trinajstić information content (AvgIpc) is 3.15. The van der Waals surface area contributed by atoms with E-state index in [1.54, 1.807) is 0 Å². The van der Waals surface area contributed by atoms with Crippen molar-refractivity contribution in [3.8, 4) is 0 Å². The van der Waals surface area contributed by atoms with Gasteiger partial charge in [-0.15, -0.1) is 0 Å². The molecule has 0 saturated heterocycles. The molecule has 0 bridgehead atoms. The van der Waals surface area contributed by atoms with Crippen molar-refractivity contribution in [3.05, 3.63) is 59.8 Å². The van der Waals surface area contributed by atoms with Gasteiger partial charge in [-0.3, -0.25) is 9.89 Å². The lowest BCUT2D eigenvalue weighted by Crippen LogP contribution is -2.16. The van der Waals surface area contributed by atoms with Gasteiger partial charge in [0.05, 0.1) is 11.4 Å². The first-order valence-corrected chi connectivity index (χ1v) is 8.81. The van der Waals surface area contributed by atoms with Crippen LogP contribution in [0.3, 0.4) is 0 Å². The lowest BCUT2D eigenvalue weighted by atomic mass is 9.90. The van der Waals surface area contributed by atoms with Gasteiger partial charge in [0.15, 0.2) is 0 Å². The lowest BCUT2D eigenvalue weighted by molar-refractivity contribution is -0.117. The van der Waals surface area contributed by atoms with Crippen LogP contribution in [0.15, 0.2) is 48.5 Å². The van der Waals surface area contributed by atoms with E-state index in [0.717, 1.165) is 16.8 Å². The molecule has 4 heteroatoms. The average molecular weight is 335 g/mol. The van der Waals surface area contributed by atoms with Gasteiger partial charge in [-0.25, -0.2) is 0 Å². The van der Waals surface area contributed by atoms with Crippen LogP contribution < -0.4 is 5.32 Å². The Kier molecular flexibility index (Phi) is 4.88. The fourth-order valence-electron chi connectivity index (χ4n) is 3.32. The minimum Gasteiger partial charge on any atom is -0.325 e. The van der Waals surface area contributed by atoms with E-state index in [1.165, 1.54) is 11.1 Å². The molecule has 3 aromatic rings. The van der Waals surface area contributed by atoms with Gasteiger partial charge in [0, 0.05) is 16.8 Å². The summed E-state index contributed by atoms with van der Waals surface area (Å²) >= 11 is 0. The summed E-state index contributed by atoms with van der Waals surface area (Å²) in [5.74, 6) is 1.05. The predicted octanol–water partition coefficient (Wildman–Crippen LogP) is 5.06. The number of benzene rings is 2. The number of nitrogens with zero attached hydrogens (tertiary/aromatic N) is 1. The molecular weight excluding hydrogens is 310 g/mol. The van der Waals surface area contributed by atoms with Gasteiger partial charge >= 0.3 is 0 Å². The summed E-state index contributed by atoms with van der Waals surface area (Å²) in [7, 11) is 0. The van der Waals surface area contributed by atoms with Crippen LogP contribution in [0.4, 0.5) is 5.69 Å². The van der Waals surface area contributed by atoms with Crippen LogP contribution in [0.5, 0.6) is 0 Å². The first-order valence-electron chi connectivity index (χ1n) is 8.81. The number of fused-ring (bicyclic) bond motifs is 2. The Hall–Kier alpha value is -2.62. The molecule has 2 heterocycles. The first kappa shape index (κ1) is 17.2. The number of H-pyrrole nitrogens is 1. The molecule has 1 unspecified atom stereocenters. The fourth-order valence-corrected chi connectivity index (χ4v) is 3.32. The molecule has 1 amide bonds. The standard InChI is InChI=1S/C11H13NO.C10H12N2/c1-7(2)10-8-5-3-4-6-9(8)12-11(10)13;1-7(2)10-8-5-3-4-6-9(8)11-12-10/h3-7,10H,1-2H3,(H,12,13);3-7H,1-2H3,(H,11,12). The maximum atomic E-state index is 11.6. The molecule has 0 saturated carbocycles. The number of aromatic nitrogens is 2. The van der Waals surface area contributed by atoms with Gasteiger partial charge in [-0.05, 0) is 29.5 Å². The Balaban J connectivity index is 0.000000146. The zero-order valence-electron chi connectivity index (χ0n) is 15.2. The molecule has 2 N–H and O–H groups in total. The van der Waals surface area contributed by atoms with E-state index < -0.39 is 0 Å². The number of hydrogen-bond donors (Lipinski definition) is 2. The molecule has 2 aromatic carbocycles. The summed E-state index contributed by atoms with van der Waals surface area (Å²) in [4.78, 5) is 11.6. The van der Waals surface area contributed by atoms with E-state index >= 15 is 0 Å². The third-order valence-corrected chi connectivity index (χ3v) is 4.57. The molecule has 4 rings (SSSR count). The summed E-state index contributed by atoms with van der Waals surface area (Å²) < 4.78 is 0. The van der Waals surface area contributed by atoms with Crippen molar-refractivity contribution < 1.29 is 4.79 Å². The van der Waals surface area contributed by atoms with E-state index in [2.05, 4.69) is 49.3 Å². The molecule has 1 atom stereocenters. The van der Waals surface area contributed by atoms with E-state index in [0.29, 0.717) is 11.8 Å². The van der Waals surface area contributed by atoms with Crippen LogP contribution in [-0.2, 0) is 4.79 Å². The van der Waals surface area contributed by atoms with E-state index in [9.17, 15) is 4.79 Å². The molecule has 0 aliphatic carbocycles. The number of carbonyl (C=O) groups is 1. The van der Waals surface area contributed by atoms with Crippen molar-refractivity contribution >= 4 is 22.5 Å². The summed E-state index contributed by atoms with van der Waals surface area (Å²) in [5.41, 5.74) is 4.40. The van der Waals surface area contributed by atoms with Crippen LogP contribution in [0.2, 0.25) is 0 Å². The maximum Gasteiger partial charge on any atom is 0.232 e. The second kappa shape index (κ2) is 7.09. The molecule has 1 aromatic heterocycles. The number of amides is 1. The summed E-state index contributed by atoms with van der Waals surface area (Å²) in [6.07, 6.45) is 0. The zero-order chi connectivity index (χ0) is 18.0. The zero-order valence-corrected chi connectivity index (χ0v) is 15.2. The third kappa shape index (κ3) is 3.43. The topological polar surface area (TPSA) is 57.8 Å². The Morgan fingerprint density at radius 1 is 0.960 bits per heavy atom. The van der Waals surface area contributed by atoms with Crippen LogP contribution in [0.1, 0.15) is 50.8 Å². The molecule has 1 aliphatic heterocycles. The number of nitrogens with one attached hydrogen (secondary N) is 2. The minimum atomic E-state index is 0.0381. The predicted molar refractivity (Wildman–Crippen MR) is 103 cm³/mol. The van der Waals surface area contributed by atoms with Crippen molar-refractivity contribution in [2.24, 2.45) is 5.92 Å². The Bertz CT molecular complexity index is 879. The largest absolute Gasteiger partial charge is 0.325 e. The quantitative estimate of drug-likeness (QED) is 0.687. The Labute approximate surface area is 148 Å². The molecule has 4 nitrogen and oxygen atoms in total. The maximum absolute atomic E-state index is 11.6. The number of aromatic amines is 1. The van der Waals surface area contributed by atoms with Gasteiger partial charge in [-0.2, -0.15) is 5.10 Å². The highest BCUT2D eigenvalue weighted by atomic mass is 16.2. The second-order valence-corrected chi connectivity index (χ2v) is 7.11. The molecule has 130 valence electrons. The van der Waals surface area contributed by atoms with Crippen molar-refractivity contribution in [2.45, 2.75) is 39.5 Å². The number of carbonyl (C=O) groups excluding carboxylic acids is 1. The van der Waals surface area contributed by atoms with Gasteiger partial charge in [0.1, 0.15) is 0 Å². The van der Waals surface area contributed by atoms with Crippen molar-refractivity contribution in [1.29, 1.82) is 0 Å². The smallest absolute Gasteiger partial charge is 0.232 e. The lowest BCUT2D eigenvalue weighted by Gasteiger charge is -2.11. The van der Waals surface area contributed by atoms with Gasteiger partial charge in [0.2, 0.25) is 5.91 Å². The summed E-state index contributed by atoms with van der Waals surface area (Å²) in [6, 6.07) is 16.1. The SMILES string of the molecule is CC(C)C1C(=O)Nc2ccccc21.CC(C)c1[nH]nc2ccccc12. The van der Waals surface area contributed by atoms with Crippen molar-refractivity contribution in [2.75, 3.05) is 5.32 Å². The molecule has 0 radical (unpaired) electrons. The number of hydrogen-bond acceptors (Lipinski definition) is 2. The number of anilines is 1. The highest BCUT2D eigenvalue weighted by Crippen LogP contribution is 2.36. The highest BCUT2D eigenvalue weighted by molar-refractivity contribution is 6.02. The van der Waals surface area contributed by atoms with Gasteiger partial charge in [-0.1, -0.05) is 64.1 Å². The van der Waals surface area contributed by atoms with Crippen LogP contribution >= 0.6 is 0 Å².